The number of alkyl halides is 3. The average molecular weight is 210 g/mol. The number of rotatable bonds is 0. The maximum Gasteiger partial charge on any atom is 0.438 e. The zero-order valence-electron chi connectivity index (χ0n) is 7.59. The summed E-state index contributed by atoms with van der Waals surface area (Å²) in [6.07, 6.45) is -5.60. The summed E-state index contributed by atoms with van der Waals surface area (Å²) >= 11 is 0. The van der Waals surface area contributed by atoms with Crippen LogP contribution in [0.2, 0.25) is 0 Å². The molecule has 1 aliphatic heterocycles. The van der Waals surface area contributed by atoms with Crippen molar-refractivity contribution in [3.05, 3.63) is 0 Å². The molecule has 14 heavy (non-hydrogen) atoms. The summed E-state index contributed by atoms with van der Waals surface area (Å²) in [6.45, 7) is 2.23. The highest BCUT2D eigenvalue weighted by Crippen LogP contribution is 2.39. The van der Waals surface area contributed by atoms with Crippen LogP contribution in [-0.2, 0) is 4.79 Å². The van der Waals surface area contributed by atoms with E-state index in [4.69, 9.17) is 0 Å². The predicted octanol–water partition coefficient (Wildman–Crippen LogP) is 0.865. The van der Waals surface area contributed by atoms with Crippen molar-refractivity contribution in [2.24, 2.45) is 5.10 Å². The van der Waals surface area contributed by atoms with Crippen molar-refractivity contribution >= 4 is 11.6 Å². The van der Waals surface area contributed by atoms with Crippen molar-refractivity contribution in [2.45, 2.75) is 32.2 Å². The van der Waals surface area contributed by atoms with Crippen LogP contribution in [0.1, 0.15) is 20.3 Å². The second kappa shape index (κ2) is 2.94. The lowest BCUT2D eigenvalue weighted by atomic mass is 10.1. The van der Waals surface area contributed by atoms with E-state index in [0.717, 1.165) is 6.92 Å². The molecular formula is C7H9F3N2O2. The van der Waals surface area contributed by atoms with Crippen LogP contribution in [0.5, 0.6) is 0 Å². The number of halogens is 3. The molecule has 0 aromatic heterocycles. The number of carbonyl (C=O) groups excluding carboxylic acids is 1. The second-order valence-electron chi connectivity index (χ2n) is 3.16. The third kappa shape index (κ3) is 1.47. The van der Waals surface area contributed by atoms with Gasteiger partial charge in [0.25, 0.3) is 5.72 Å². The molecule has 1 rings (SSSR count). The molecule has 0 aliphatic carbocycles. The SMILES string of the molecule is CC(=O)N1N=C(C)C[C@]1(O)C(F)(F)F. The van der Waals surface area contributed by atoms with Crippen LogP contribution in [-0.4, -0.2) is 33.6 Å². The van der Waals surface area contributed by atoms with E-state index >= 15 is 0 Å². The average Bonchev–Trinajstić information content (AvgIpc) is 2.25. The van der Waals surface area contributed by atoms with E-state index in [-0.39, 0.29) is 10.7 Å². The molecule has 7 heteroatoms. The Labute approximate surface area is 78.0 Å². The Hall–Kier alpha value is -1.11. The van der Waals surface area contributed by atoms with Gasteiger partial charge in [0.2, 0.25) is 5.91 Å². The smallest absolute Gasteiger partial charge is 0.362 e. The standard InChI is InChI=1S/C7H9F3N2O2/c1-4-3-6(14,7(8,9)10)12(11-4)5(2)13/h14H,3H2,1-2H3/t6-/m0/s1. The van der Waals surface area contributed by atoms with Crippen LogP contribution in [0.3, 0.4) is 0 Å². The molecule has 0 unspecified atom stereocenters. The van der Waals surface area contributed by atoms with Crippen molar-refractivity contribution in [1.29, 1.82) is 0 Å². The fraction of sp³-hybridized carbons (Fsp3) is 0.714. The van der Waals surface area contributed by atoms with Crippen LogP contribution in [0, 0.1) is 0 Å². The quantitative estimate of drug-likeness (QED) is 0.644. The van der Waals surface area contributed by atoms with Crippen LogP contribution < -0.4 is 0 Å². The lowest BCUT2D eigenvalue weighted by molar-refractivity contribution is -0.301. The Bertz CT molecular complexity index is 300. The van der Waals surface area contributed by atoms with Gasteiger partial charge in [-0.1, -0.05) is 0 Å². The molecule has 80 valence electrons. The first-order chi connectivity index (χ1) is 6.18. The van der Waals surface area contributed by atoms with Gasteiger partial charge in [-0.3, -0.25) is 4.79 Å². The van der Waals surface area contributed by atoms with Gasteiger partial charge in [0.1, 0.15) is 0 Å². The number of aliphatic hydroxyl groups is 1. The molecule has 0 aromatic rings. The summed E-state index contributed by atoms with van der Waals surface area (Å²) in [6, 6.07) is 0. The van der Waals surface area contributed by atoms with Crippen molar-refractivity contribution in [2.75, 3.05) is 0 Å². The second-order valence-corrected chi connectivity index (χ2v) is 3.16. The number of hydrogen-bond donors (Lipinski definition) is 1. The van der Waals surface area contributed by atoms with E-state index in [9.17, 15) is 23.1 Å². The molecule has 1 amide bonds. The Morgan fingerprint density at radius 3 is 2.43 bits per heavy atom. The number of hydrazone groups is 1. The monoisotopic (exact) mass is 210 g/mol. The molecule has 0 saturated carbocycles. The summed E-state index contributed by atoms with van der Waals surface area (Å²) in [4.78, 5) is 10.8. The van der Waals surface area contributed by atoms with Crippen LogP contribution in [0.15, 0.2) is 5.10 Å². The highest BCUT2D eigenvalue weighted by Gasteiger charge is 2.62. The minimum Gasteiger partial charge on any atom is -0.362 e. The highest BCUT2D eigenvalue weighted by atomic mass is 19.4. The molecule has 4 nitrogen and oxygen atoms in total. The highest BCUT2D eigenvalue weighted by molar-refractivity contribution is 5.88. The number of hydrogen-bond acceptors (Lipinski definition) is 3. The topological polar surface area (TPSA) is 52.9 Å². The molecule has 0 bridgehead atoms. The number of carbonyl (C=O) groups is 1. The fourth-order valence-corrected chi connectivity index (χ4v) is 1.27. The maximum absolute atomic E-state index is 12.4. The molecule has 1 heterocycles. The summed E-state index contributed by atoms with van der Waals surface area (Å²) in [5.41, 5.74) is -3.11. The fourth-order valence-electron chi connectivity index (χ4n) is 1.27. The van der Waals surface area contributed by atoms with Crippen LogP contribution in [0.4, 0.5) is 13.2 Å². The van der Waals surface area contributed by atoms with Gasteiger partial charge in [-0.15, -0.1) is 0 Å². The largest absolute Gasteiger partial charge is 0.438 e. The first kappa shape index (κ1) is 11.0. The van der Waals surface area contributed by atoms with Crippen LogP contribution in [0.25, 0.3) is 0 Å². The van der Waals surface area contributed by atoms with E-state index < -0.39 is 24.2 Å². The normalized spacial score (nSPS) is 27.9. The van der Waals surface area contributed by atoms with E-state index in [1.54, 1.807) is 0 Å². The third-order valence-corrected chi connectivity index (χ3v) is 1.88. The van der Waals surface area contributed by atoms with Gasteiger partial charge < -0.3 is 5.11 Å². The molecular weight excluding hydrogens is 201 g/mol. The summed E-state index contributed by atoms with van der Waals surface area (Å²) in [7, 11) is 0. The van der Waals surface area contributed by atoms with Gasteiger partial charge in [0.05, 0.1) is 0 Å². The molecule has 1 N–H and O–H groups in total. The van der Waals surface area contributed by atoms with E-state index in [1.165, 1.54) is 6.92 Å². The zero-order valence-corrected chi connectivity index (χ0v) is 7.59. The molecule has 0 radical (unpaired) electrons. The van der Waals surface area contributed by atoms with Gasteiger partial charge in [0, 0.05) is 19.1 Å². The molecule has 0 aromatic carbocycles. The van der Waals surface area contributed by atoms with Crippen LogP contribution >= 0.6 is 0 Å². The zero-order chi connectivity index (χ0) is 11.1. The van der Waals surface area contributed by atoms with Gasteiger partial charge in [0.15, 0.2) is 0 Å². The molecule has 1 aliphatic rings. The first-order valence-electron chi connectivity index (χ1n) is 3.82. The minimum atomic E-state index is -4.90. The van der Waals surface area contributed by atoms with E-state index in [0.29, 0.717) is 0 Å². The lowest BCUT2D eigenvalue weighted by Gasteiger charge is -2.31. The Morgan fingerprint density at radius 2 is 2.14 bits per heavy atom. The summed E-state index contributed by atoms with van der Waals surface area (Å²) in [5, 5.41) is 12.7. The number of nitrogens with zero attached hydrogens (tertiary/aromatic N) is 2. The Morgan fingerprint density at radius 1 is 1.64 bits per heavy atom. The maximum atomic E-state index is 12.4. The summed E-state index contributed by atoms with van der Waals surface area (Å²) in [5.74, 6) is -0.943. The molecule has 1 atom stereocenters. The lowest BCUT2D eigenvalue weighted by Crippen LogP contribution is -2.56. The predicted molar refractivity (Wildman–Crippen MR) is 41.3 cm³/mol. The van der Waals surface area contributed by atoms with E-state index in [1.807, 2.05) is 0 Å². The van der Waals surface area contributed by atoms with Crippen molar-refractivity contribution in [1.82, 2.24) is 5.01 Å². The molecule has 0 fully saturated rings. The van der Waals surface area contributed by atoms with Crippen molar-refractivity contribution in [3.8, 4) is 0 Å². The van der Waals surface area contributed by atoms with Gasteiger partial charge in [-0.25, -0.2) is 0 Å². The first-order valence-corrected chi connectivity index (χ1v) is 3.82. The Kier molecular flexibility index (Phi) is 2.31. The minimum absolute atomic E-state index is 0.0695. The van der Waals surface area contributed by atoms with Gasteiger partial charge in [-0.2, -0.15) is 23.3 Å². The van der Waals surface area contributed by atoms with Gasteiger partial charge in [-0.05, 0) is 6.92 Å². The van der Waals surface area contributed by atoms with Crippen molar-refractivity contribution in [3.63, 3.8) is 0 Å². The molecule has 0 saturated heterocycles. The number of amides is 1. The van der Waals surface area contributed by atoms with E-state index in [2.05, 4.69) is 5.10 Å². The summed E-state index contributed by atoms with van der Waals surface area (Å²) < 4.78 is 37.2. The van der Waals surface area contributed by atoms with Gasteiger partial charge >= 0.3 is 6.18 Å². The van der Waals surface area contributed by atoms with Crippen molar-refractivity contribution < 1.29 is 23.1 Å². The third-order valence-electron chi connectivity index (χ3n) is 1.88. The molecule has 0 spiro atoms. The Balaban J connectivity index is 3.08.